The Bertz CT molecular complexity index is 758. The van der Waals surface area contributed by atoms with E-state index < -0.39 is 18.0 Å². The predicted molar refractivity (Wildman–Crippen MR) is 95.3 cm³/mol. The zero-order valence-corrected chi connectivity index (χ0v) is 14.7. The second-order valence-corrected chi connectivity index (χ2v) is 6.16. The molecule has 0 radical (unpaired) electrons. The molecular weight excluding hydrogens is 326 g/mol. The van der Waals surface area contributed by atoms with E-state index in [2.05, 4.69) is 5.32 Å². The highest BCUT2D eigenvalue weighted by molar-refractivity contribution is 6.30. The first kappa shape index (κ1) is 18.0. The third kappa shape index (κ3) is 5.10. The highest BCUT2D eigenvalue weighted by Gasteiger charge is 2.18. The Morgan fingerprint density at radius 3 is 2.54 bits per heavy atom. The van der Waals surface area contributed by atoms with Crippen LogP contribution in [0, 0.1) is 13.8 Å². The van der Waals surface area contributed by atoms with Crippen LogP contribution in [-0.4, -0.2) is 18.0 Å². The van der Waals surface area contributed by atoms with Crippen LogP contribution in [0.5, 0.6) is 0 Å². The second kappa shape index (κ2) is 7.97. The molecule has 2 aromatic carbocycles. The molecule has 0 aliphatic carbocycles. The third-order valence-corrected chi connectivity index (χ3v) is 3.92. The molecule has 1 unspecified atom stereocenters. The normalized spacial score (nSPS) is 11.7. The average molecular weight is 346 g/mol. The summed E-state index contributed by atoms with van der Waals surface area (Å²) in [6.45, 7) is 5.54. The van der Waals surface area contributed by atoms with Crippen molar-refractivity contribution in [1.29, 1.82) is 0 Å². The maximum absolute atomic E-state index is 12.1. The Kier molecular flexibility index (Phi) is 5.99. The molecular formula is C19H20ClNO3. The summed E-state index contributed by atoms with van der Waals surface area (Å²) < 4.78 is 5.20. The third-order valence-electron chi connectivity index (χ3n) is 3.69. The smallest absolute Gasteiger partial charge is 0.311 e. The number of amides is 1. The molecule has 1 atom stereocenters. The van der Waals surface area contributed by atoms with Crippen LogP contribution in [0.2, 0.25) is 5.02 Å². The van der Waals surface area contributed by atoms with E-state index in [0.717, 1.165) is 11.1 Å². The molecule has 0 aliphatic heterocycles. The van der Waals surface area contributed by atoms with Crippen molar-refractivity contribution in [2.24, 2.45) is 0 Å². The van der Waals surface area contributed by atoms with Crippen LogP contribution in [0.3, 0.4) is 0 Å². The fourth-order valence-corrected chi connectivity index (χ4v) is 2.37. The Labute approximate surface area is 146 Å². The minimum atomic E-state index is -0.886. The molecule has 0 aromatic heterocycles. The summed E-state index contributed by atoms with van der Waals surface area (Å²) in [5.74, 6) is -0.835. The number of carbonyl (C=O) groups excluding carboxylic acids is 2. The van der Waals surface area contributed by atoms with Gasteiger partial charge in [0.2, 0.25) is 0 Å². The fraction of sp³-hybridized carbons (Fsp3) is 0.263. The molecule has 24 heavy (non-hydrogen) atoms. The molecule has 0 fully saturated rings. The molecule has 0 heterocycles. The van der Waals surface area contributed by atoms with E-state index in [0.29, 0.717) is 10.7 Å². The minimum Gasteiger partial charge on any atom is -0.452 e. The predicted octanol–water partition coefficient (Wildman–Crippen LogP) is 4.07. The van der Waals surface area contributed by atoms with Crippen LogP contribution in [-0.2, 0) is 20.7 Å². The van der Waals surface area contributed by atoms with Crippen molar-refractivity contribution in [3.8, 4) is 0 Å². The number of esters is 1. The molecule has 4 nitrogen and oxygen atoms in total. The molecule has 2 rings (SSSR count). The number of hydrogen-bond acceptors (Lipinski definition) is 3. The molecule has 0 aliphatic rings. The maximum atomic E-state index is 12.1. The lowest BCUT2D eigenvalue weighted by Crippen LogP contribution is -2.30. The van der Waals surface area contributed by atoms with Crippen molar-refractivity contribution < 1.29 is 14.3 Å². The quantitative estimate of drug-likeness (QED) is 0.831. The molecule has 0 bridgehead atoms. The Morgan fingerprint density at radius 1 is 1.12 bits per heavy atom. The Morgan fingerprint density at radius 2 is 1.88 bits per heavy atom. The van der Waals surface area contributed by atoms with E-state index >= 15 is 0 Å². The monoisotopic (exact) mass is 345 g/mol. The number of rotatable bonds is 5. The van der Waals surface area contributed by atoms with Crippen LogP contribution in [0.25, 0.3) is 0 Å². The van der Waals surface area contributed by atoms with E-state index in [1.807, 2.05) is 32.0 Å². The fourth-order valence-electron chi connectivity index (χ4n) is 2.18. The summed E-state index contributed by atoms with van der Waals surface area (Å²) in [5, 5.41) is 3.19. The highest BCUT2D eigenvalue weighted by Crippen LogP contribution is 2.15. The lowest BCUT2D eigenvalue weighted by Gasteiger charge is -2.14. The van der Waals surface area contributed by atoms with E-state index in [4.69, 9.17) is 16.3 Å². The number of ether oxygens (including phenoxy) is 1. The van der Waals surface area contributed by atoms with Gasteiger partial charge in [0.25, 0.3) is 5.91 Å². The number of nitrogens with one attached hydrogen (secondary N) is 1. The summed E-state index contributed by atoms with van der Waals surface area (Å²) in [7, 11) is 0. The molecule has 1 N–H and O–H groups in total. The van der Waals surface area contributed by atoms with E-state index in [-0.39, 0.29) is 6.42 Å². The first-order valence-electron chi connectivity index (χ1n) is 7.67. The first-order valence-corrected chi connectivity index (χ1v) is 8.05. The SMILES string of the molecule is Cc1ccc(CC(=O)OC(C)C(=O)Nc2cccc(Cl)c2)cc1C. The topological polar surface area (TPSA) is 55.4 Å². The van der Waals surface area contributed by atoms with Crippen molar-refractivity contribution in [1.82, 2.24) is 0 Å². The van der Waals surface area contributed by atoms with Crippen molar-refractivity contribution >= 4 is 29.2 Å². The molecule has 0 spiro atoms. The van der Waals surface area contributed by atoms with Crippen molar-refractivity contribution in [2.75, 3.05) is 5.32 Å². The van der Waals surface area contributed by atoms with Gasteiger partial charge in [0.1, 0.15) is 0 Å². The van der Waals surface area contributed by atoms with Gasteiger partial charge < -0.3 is 10.1 Å². The molecule has 0 saturated heterocycles. The molecule has 1 amide bonds. The van der Waals surface area contributed by atoms with Crippen molar-refractivity contribution in [3.05, 3.63) is 64.2 Å². The van der Waals surface area contributed by atoms with Crippen LogP contribution in [0.15, 0.2) is 42.5 Å². The van der Waals surface area contributed by atoms with Crippen LogP contribution < -0.4 is 5.32 Å². The standard InChI is InChI=1S/C19H20ClNO3/c1-12-7-8-15(9-13(12)2)10-18(22)24-14(3)19(23)21-17-6-4-5-16(20)11-17/h4-9,11,14H,10H2,1-3H3,(H,21,23). The summed E-state index contributed by atoms with van der Waals surface area (Å²) in [6.07, 6.45) is -0.751. The average Bonchev–Trinajstić information content (AvgIpc) is 2.50. The lowest BCUT2D eigenvalue weighted by molar-refractivity contribution is -0.152. The molecule has 5 heteroatoms. The summed E-state index contributed by atoms with van der Waals surface area (Å²) in [5.41, 5.74) is 3.71. The number of benzene rings is 2. The van der Waals surface area contributed by atoms with E-state index in [1.165, 1.54) is 12.5 Å². The molecule has 0 saturated carbocycles. The Hall–Kier alpha value is -2.33. The number of hydrogen-bond donors (Lipinski definition) is 1. The second-order valence-electron chi connectivity index (χ2n) is 5.73. The van der Waals surface area contributed by atoms with Crippen molar-refractivity contribution in [3.63, 3.8) is 0 Å². The van der Waals surface area contributed by atoms with Gasteiger partial charge in [0.15, 0.2) is 6.10 Å². The van der Waals surface area contributed by atoms with Gasteiger partial charge in [0, 0.05) is 10.7 Å². The summed E-state index contributed by atoms with van der Waals surface area (Å²) in [4.78, 5) is 24.1. The van der Waals surface area contributed by atoms with Gasteiger partial charge in [-0.3, -0.25) is 9.59 Å². The van der Waals surface area contributed by atoms with Crippen LogP contribution in [0.4, 0.5) is 5.69 Å². The summed E-state index contributed by atoms with van der Waals surface area (Å²) >= 11 is 5.87. The van der Waals surface area contributed by atoms with Gasteiger partial charge in [-0.2, -0.15) is 0 Å². The minimum absolute atomic E-state index is 0.135. The van der Waals surface area contributed by atoms with Crippen molar-refractivity contribution in [2.45, 2.75) is 33.3 Å². The number of aryl methyl sites for hydroxylation is 2. The van der Waals surface area contributed by atoms with Gasteiger partial charge in [-0.1, -0.05) is 35.9 Å². The van der Waals surface area contributed by atoms with E-state index in [1.54, 1.807) is 24.3 Å². The number of anilines is 1. The van der Waals surface area contributed by atoms with Gasteiger partial charge in [0.05, 0.1) is 6.42 Å². The number of carbonyl (C=O) groups is 2. The lowest BCUT2D eigenvalue weighted by atomic mass is 10.0. The van der Waals surface area contributed by atoms with Gasteiger partial charge in [-0.15, -0.1) is 0 Å². The number of halogens is 1. The maximum Gasteiger partial charge on any atom is 0.311 e. The molecule has 2 aromatic rings. The van der Waals surface area contributed by atoms with Gasteiger partial charge >= 0.3 is 5.97 Å². The van der Waals surface area contributed by atoms with Gasteiger partial charge in [-0.05, 0) is 55.7 Å². The highest BCUT2D eigenvalue weighted by atomic mass is 35.5. The Balaban J connectivity index is 1.90. The van der Waals surface area contributed by atoms with E-state index in [9.17, 15) is 9.59 Å². The largest absolute Gasteiger partial charge is 0.452 e. The first-order chi connectivity index (χ1) is 11.3. The van der Waals surface area contributed by atoms with Crippen LogP contribution in [0.1, 0.15) is 23.6 Å². The summed E-state index contributed by atoms with van der Waals surface area (Å²) in [6, 6.07) is 12.6. The molecule has 126 valence electrons. The van der Waals surface area contributed by atoms with Gasteiger partial charge in [-0.25, -0.2) is 0 Å². The zero-order valence-electron chi connectivity index (χ0n) is 13.9. The zero-order chi connectivity index (χ0) is 17.7. The van der Waals surface area contributed by atoms with Crippen LogP contribution >= 0.6 is 11.6 Å².